The second kappa shape index (κ2) is 7.69. The lowest BCUT2D eigenvalue weighted by molar-refractivity contribution is -0.384. The van der Waals surface area contributed by atoms with Crippen molar-refractivity contribution in [2.24, 2.45) is 0 Å². The lowest BCUT2D eigenvalue weighted by atomic mass is 10.0. The molecule has 0 radical (unpaired) electrons. The van der Waals surface area contributed by atoms with Crippen molar-refractivity contribution in [1.82, 2.24) is 14.8 Å². The first kappa shape index (κ1) is 18.1. The third-order valence-electron chi connectivity index (χ3n) is 4.23. The number of aromatic nitrogens is 3. The van der Waals surface area contributed by atoms with E-state index in [0.717, 1.165) is 29.9 Å². The highest BCUT2D eigenvalue weighted by atomic mass is 32.2. The third kappa shape index (κ3) is 3.62. The van der Waals surface area contributed by atoms with Gasteiger partial charge < -0.3 is 9.47 Å². The molecule has 0 unspecified atom stereocenters. The van der Waals surface area contributed by atoms with Crippen LogP contribution in [0.5, 0.6) is 0 Å². The Morgan fingerprint density at radius 2 is 2.27 bits per heavy atom. The molecule has 26 heavy (non-hydrogen) atoms. The van der Waals surface area contributed by atoms with Gasteiger partial charge in [0.2, 0.25) is 5.91 Å². The summed E-state index contributed by atoms with van der Waals surface area (Å²) in [5, 5.41) is 19.8. The van der Waals surface area contributed by atoms with Crippen molar-refractivity contribution >= 4 is 29.0 Å². The zero-order valence-electron chi connectivity index (χ0n) is 14.4. The van der Waals surface area contributed by atoms with Crippen LogP contribution in [0, 0.1) is 17.0 Å². The minimum atomic E-state index is -0.411. The average Bonchev–Trinajstić information content (AvgIpc) is 2.99. The predicted molar refractivity (Wildman–Crippen MR) is 99.5 cm³/mol. The number of carbonyl (C=O) groups excluding carboxylic acids is 1. The maximum atomic E-state index is 12.7. The van der Waals surface area contributed by atoms with Crippen molar-refractivity contribution in [3.63, 3.8) is 0 Å². The van der Waals surface area contributed by atoms with Crippen LogP contribution in [-0.2, 0) is 17.8 Å². The summed E-state index contributed by atoms with van der Waals surface area (Å²) in [5.41, 5.74) is 1.66. The number of benzene rings is 1. The molecule has 0 aliphatic carbocycles. The number of nitro benzene ring substituents is 1. The van der Waals surface area contributed by atoms with Crippen molar-refractivity contribution < 1.29 is 9.72 Å². The van der Waals surface area contributed by atoms with Crippen molar-refractivity contribution in [3.8, 4) is 0 Å². The Kier molecular flexibility index (Phi) is 5.36. The number of thioether (sulfide) groups is 1. The summed E-state index contributed by atoms with van der Waals surface area (Å²) in [4.78, 5) is 25.0. The normalized spacial score (nSPS) is 13.3. The fraction of sp³-hybridized carbons (Fsp3) is 0.353. The molecule has 0 spiro atoms. The van der Waals surface area contributed by atoms with E-state index in [1.54, 1.807) is 23.1 Å². The van der Waals surface area contributed by atoms with Crippen molar-refractivity contribution in [3.05, 3.63) is 52.4 Å². The topological polar surface area (TPSA) is 94.2 Å². The number of aryl methyl sites for hydroxylation is 2. The van der Waals surface area contributed by atoms with Gasteiger partial charge in [-0.2, -0.15) is 0 Å². The molecule has 8 nitrogen and oxygen atoms in total. The number of rotatable bonds is 6. The fourth-order valence-corrected chi connectivity index (χ4v) is 3.84. The molecule has 0 fully saturated rings. The Labute approximate surface area is 155 Å². The Bertz CT molecular complexity index is 864. The van der Waals surface area contributed by atoms with Crippen LogP contribution in [0.4, 0.5) is 11.4 Å². The fourth-order valence-electron chi connectivity index (χ4n) is 2.97. The van der Waals surface area contributed by atoms with E-state index in [9.17, 15) is 14.9 Å². The minimum absolute atomic E-state index is 0.0457. The monoisotopic (exact) mass is 373 g/mol. The predicted octanol–water partition coefficient (Wildman–Crippen LogP) is 2.75. The Balaban J connectivity index is 1.74. The number of allylic oxidation sites excluding steroid dienone is 1. The first-order valence-corrected chi connectivity index (χ1v) is 9.21. The number of fused-ring (bicyclic) bond motifs is 1. The number of hydrogen-bond donors (Lipinski definition) is 0. The third-order valence-corrected chi connectivity index (χ3v) is 5.18. The van der Waals surface area contributed by atoms with Crippen LogP contribution < -0.4 is 4.90 Å². The van der Waals surface area contributed by atoms with Crippen LogP contribution in [0.2, 0.25) is 0 Å². The van der Waals surface area contributed by atoms with Gasteiger partial charge in [0, 0.05) is 30.9 Å². The van der Waals surface area contributed by atoms with E-state index in [4.69, 9.17) is 0 Å². The van der Waals surface area contributed by atoms with Gasteiger partial charge in [-0.3, -0.25) is 14.9 Å². The van der Waals surface area contributed by atoms with Crippen LogP contribution in [0.3, 0.4) is 0 Å². The lowest BCUT2D eigenvalue weighted by Crippen LogP contribution is -2.36. The maximum Gasteiger partial charge on any atom is 0.269 e. The number of hydrogen-bond acceptors (Lipinski definition) is 6. The molecule has 9 heteroatoms. The van der Waals surface area contributed by atoms with Gasteiger partial charge in [-0.15, -0.1) is 16.8 Å². The summed E-state index contributed by atoms with van der Waals surface area (Å²) in [6, 6.07) is 4.67. The molecule has 0 atom stereocenters. The molecule has 136 valence electrons. The van der Waals surface area contributed by atoms with E-state index < -0.39 is 4.92 Å². The molecular formula is C17H19N5O3S. The van der Waals surface area contributed by atoms with Gasteiger partial charge in [0.05, 0.1) is 10.7 Å². The van der Waals surface area contributed by atoms with E-state index in [2.05, 4.69) is 16.8 Å². The van der Waals surface area contributed by atoms with Gasteiger partial charge in [0.25, 0.3) is 5.69 Å². The van der Waals surface area contributed by atoms with Crippen LogP contribution >= 0.6 is 11.8 Å². The Morgan fingerprint density at radius 1 is 1.46 bits per heavy atom. The Morgan fingerprint density at radius 3 is 3.00 bits per heavy atom. The van der Waals surface area contributed by atoms with Crippen LogP contribution in [0.25, 0.3) is 0 Å². The molecule has 2 heterocycles. The van der Waals surface area contributed by atoms with Crippen molar-refractivity contribution in [2.45, 2.75) is 31.5 Å². The number of nitrogens with zero attached hydrogens (tertiary/aromatic N) is 5. The zero-order valence-corrected chi connectivity index (χ0v) is 15.2. The summed E-state index contributed by atoms with van der Waals surface area (Å²) in [5.74, 6) is 0.956. The first-order chi connectivity index (χ1) is 12.5. The zero-order chi connectivity index (χ0) is 18.7. The van der Waals surface area contributed by atoms with Crippen molar-refractivity contribution in [1.29, 1.82) is 0 Å². The minimum Gasteiger partial charge on any atom is -0.311 e. The lowest BCUT2D eigenvalue weighted by Gasteiger charge is -2.29. The molecule has 2 aromatic rings. The number of anilines is 1. The molecule has 1 aromatic carbocycles. The van der Waals surface area contributed by atoms with Gasteiger partial charge in [-0.05, 0) is 31.4 Å². The SMILES string of the molecule is C=CCn1c(C)nnc1SCC(=O)N1CCCc2cc([N+](=O)[O-])ccc21. The first-order valence-electron chi connectivity index (χ1n) is 8.22. The van der Waals surface area contributed by atoms with Gasteiger partial charge in [-0.25, -0.2) is 0 Å². The van der Waals surface area contributed by atoms with Crippen LogP contribution in [0.15, 0.2) is 36.0 Å². The molecule has 1 aromatic heterocycles. The average molecular weight is 373 g/mol. The van der Waals surface area contributed by atoms with E-state index in [1.807, 2.05) is 11.5 Å². The molecule has 1 amide bonds. The maximum absolute atomic E-state index is 12.7. The summed E-state index contributed by atoms with van der Waals surface area (Å²) in [6.07, 6.45) is 3.28. The van der Waals surface area contributed by atoms with E-state index >= 15 is 0 Å². The number of amides is 1. The largest absolute Gasteiger partial charge is 0.311 e. The summed E-state index contributed by atoms with van der Waals surface area (Å²) >= 11 is 1.33. The standard InChI is InChI=1S/C17H19N5O3S/c1-3-8-20-12(2)18-19-17(20)26-11-16(23)21-9-4-5-13-10-14(22(24)25)6-7-15(13)21/h3,6-7,10H,1,4-5,8-9,11H2,2H3. The molecule has 3 rings (SSSR count). The number of non-ortho nitro benzene ring substituents is 1. The highest BCUT2D eigenvalue weighted by molar-refractivity contribution is 7.99. The van der Waals surface area contributed by atoms with Gasteiger partial charge >= 0.3 is 0 Å². The Hall–Kier alpha value is -2.68. The van der Waals surface area contributed by atoms with Gasteiger partial charge in [0.1, 0.15) is 5.82 Å². The second-order valence-corrected chi connectivity index (χ2v) is 6.88. The van der Waals surface area contributed by atoms with Crippen LogP contribution in [-0.4, -0.2) is 37.9 Å². The number of nitro groups is 1. The molecule has 0 N–H and O–H groups in total. The summed E-state index contributed by atoms with van der Waals surface area (Å²) in [7, 11) is 0. The van der Waals surface area contributed by atoms with E-state index in [-0.39, 0.29) is 17.3 Å². The van der Waals surface area contributed by atoms with Gasteiger partial charge in [-0.1, -0.05) is 17.8 Å². The summed E-state index contributed by atoms with van der Waals surface area (Å²) in [6.45, 7) is 6.78. The smallest absolute Gasteiger partial charge is 0.269 e. The van der Waals surface area contributed by atoms with Gasteiger partial charge in [0.15, 0.2) is 5.16 Å². The van der Waals surface area contributed by atoms with E-state index in [1.165, 1.54) is 17.8 Å². The second-order valence-electron chi connectivity index (χ2n) is 5.94. The number of carbonyl (C=O) groups is 1. The molecule has 0 saturated heterocycles. The molecule has 1 aliphatic heterocycles. The summed E-state index contributed by atoms with van der Waals surface area (Å²) < 4.78 is 1.90. The van der Waals surface area contributed by atoms with Crippen LogP contribution in [0.1, 0.15) is 17.8 Å². The molecule has 0 saturated carbocycles. The van der Waals surface area contributed by atoms with E-state index in [0.29, 0.717) is 18.2 Å². The highest BCUT2D eigenvalue weighted by Gasteiger charge is 2.25. The highest BCUT2D eigenvalue weighted by Crippen LogP contribution is 2.31. The molecular weight excluding hydrogens is 354 g/mol. The quantitative estimate of drug-likeness (QED) is 0.334. The van der Waals surface area contributed by atoms with Crippen molar-refractivity contribution in [2.75, 3.05) is 17.2 Å². The molecule has 1 aliphatic rings. The molecule has 0 bridgehead atoms.